The Hall–Kier alpha value is -1.55. The minimum Gasteiger partial charge on any atom is -0.372 e. The second-order valence-electron chi connectivity index (χ2n) is 3.30. The summed E-state index contributed by atoms with van der Waals surface area (Å²) in [5.74, 6) is 0. The summed E-state index contributed by atoms with van der Waals surface area (Å²) in [6, 6.07) is 6.80. The third-order valence-electron chi connectivity index (χ3n) is 2.31. The molecule has 0 amide bonds. The van der Waals surface area contributed by atoms with Crippen molar-refractivity contribution >= 4 is 0 Å². The maximum absolute atomic E-state index is 12.9. The van der Waals surface area contributed by atoms with Crippen LogP contribution in [0.1, 0.15) is 5.56 Å². The third-order valence-corrected chi connectivity index (χ3v) is 2.31. The molecule has 0 aliphatic rings. The maximum Gasteiger partial charge on any atom is 0.425 e. The van der Waals surface area contributed by atoms with Gasteiger partial charge in [-0.1, -0.05) is 49.6 Å². The highest BCUT2D eigenvalue weighted by Gasteiger charge is 2.56. The number of alkyl halides is 3. The van der Waals surface area contributed by atoms with Gasteiger partial charge >= 0.3 is 6.18 Å². The molecule has 1 nitrogen and oxygen atoms in total. The average molecular weight is 228 g/mol. The number of aliphatic hydroxyl groups is 1. The van der Waals surface area contributed by atoms with Crippen LogP contribution in [0.4, 0.5) is 13.2 Å². The van der Waals surface area contributed by atoms with Crippen molar-refractivity contribution in [1.29, 1.82) is 0 Å². The number of hydrogen-bond acceptors (Lipinski definition) is 1. The Kier molecular flexibility index (Phi) is 3.24. The second-order valence-corrected chi connectivity index (χ2v) is 3.30. The Balaban J connectivity index is 3.38. The monoisotopic (exact) mass is 228 g/mol. The SMILES string of the molecule is C=CC(=C)[C@@](O)(c1ccccc1)C(F)(F)F. The van der Waals surface area contributed by atoms with Gasteiger partial charge in [0.1, 0.15) is 0 Å². The Morgan fingerprint density at radius 1 is 1.19 bits per heavy atom. The van der Waals surface area contributed by atoms with Gasteiger partial charge in [-0.15, -0.1) is 0 Å². The Bertz CT molecular complexity index is 394. The summed E-state index contributed by atoms with van der Waals surface area (Å²) < 4.78 is 38.6. The molecule has 1 atom stereocenters. The van der Waals surface area contributed by atoms with Gasteiger partial charge in [-0.3, -0.25) is 0 Å². The minimum absolute atomic E-state index is 0.271. The van der Waals surface area contributed by atoms with Gasteiger partial charge in [0, 0.05) is 0 Å². The molecule has 0 spiro atoms. The molecule has 16 heavy (non-hydrogen) atoms. The van der Waals surface area contributed by atoms with Gasteiger partial charge in [-0.05, 0) is 11.1 Å². The van der Waals surface area contributed by atoms with E-state index in [1.165, 1.54) is 24.3 Å². The highest BCUT2D eigenvalue weighted by atomic mass is 19.4. The minimum atomic E-state index is -4.83. The number of benzene rings is 1. The summed E-state index contributed by atoms with van der Waals surface area (Å²) in [6.45, 7) is 6.41. The van der Waals surface area contributed by atoms with E-state index in [0.29, 0.717) is 0 Å². The summed E-state index contributed by atoms with van der Waals surface area (Å²) in [6.07, 6.45) is -3.93. The fourth-order valence-electron chi connectivity index (χ4n) is 1.36. The molecule has 4 heteroatoms. The summed E-state index contributed by atoms with van der Waals surface area (Å²) in [5, 5.41) is 9.79. The Morgan fingerprint density at radius 3 is 2.06 bits per heavy atom. The lowest BCUT2D eigenvalue weighted by Crippen LogP contribution is -2.43. The zero-order valence-corrected chi connectivity index (χ0v) is 8.46. The van der Waals surface area contributed by atoms with Gasteiger partial charge in [0.2, 0.25) is 5.60 Å². The quantitative estimate of drug-likeness (QED) is 0.788. The summed E-state index contributed by atoms with van der Waals surface area (Å²) in [7, 11) is 0. The molecule has 1 N–H and O–H groups in total. The molecule has 1 aromatic rings. The normalized spacial score (nSPS) is 15.2. The molecule has 0 aliphatic heterocycles. The molecule has 0 heterocycles. The first-order valence-corrected chi connectivity index (χ1v) is 4.50. The van der Waals surface area contributed by atoms with E-state index in [1.54, 1.807) is 6.07 Å². The first-order chi connectivity index (χ1) is 7.34. The van der Waals surface area contributed by atoms with Gasteiger partial charge in [-0.2, -0.15) is 13.2 Å². The van der Waals surface area contributed by atoms with Gasteiger partial charge < -0.3 is 5.11 Å². The van der Waals surface area contributed by atoms with E-state index in [1.807, 2.05) is 0 Å². The molecule has 1 aromatic carbocycles. The van der Waals surface area contributed by atoms with E-state index >= 15 is 0 Å². The topological polar surface area (TPSA) is 20.2 Å². The fourth-order valence-corrected chi connectivity index (χ4v) is 1.36. The molecule has 86 valence electrons. The lowest BCUT2D eigenvalue weighted by Gasteiger charge is -2.31. The van der Waals surface area contributed by atoms with Crippen LogP contribution in [-0.4, -0.2) is 11.3 Å². The molecule has 0 unspecified atom stereocenters. The predicted molar refractivity (Wildman–Crippen MR) is 55.7 cm³/mol. The van der Waals surface area contributed by atoms with Crippen molar-refractivity contribution in [2.75, 3.05) is 0 Å². The predicted octanol–water partition coefficient (Wildman–Crippen LogP) is 3.18. The van der Waals surface area contributed by atoms with Gasteiger partial charge in [0.05, 0.1) is 0 Å². The van der Waals surface area contributed by atoms with E-state index in [9.17, 15) is 18.3 Å². The van der Waals surface area contributed by atoms with Crippen molar-refractivity contribution < 1.29 is 18.3 Å². The largest absolute Gasteiger partial charge is 0.425 e. The third kappa shape index (κ3) is 1.88. The number of rotatable bonds is 3. The molecular formula is C12H11F3O. The smallest absolute Gasteiger partial charge is 0.372 e. The van der Waals surface area contributed by atoms with Crippen molar-refractivity contribution in [3.05, 3.63) is 60.7 Å². The van der Waals surface area contributed by atoms with Gasteiger partial charge in [-0.25, -0.2) is 0 Å². The Morgan fingerprint density at radius 2 is 1.69 bits per heavy atom. The highest BCUT2D eigenvalue weighted by molar-refractivity contribution is 5.38. The van der Waals surface area contributed by atoms with Crippen LogP contribution >= 0.6 is 0 Å². The lowest BCUT2D eigenvalue weighted by molar-refractivity contribution is -0.248. The molecule has 0 fully saturated rings. The van der Waals surface area contributed by atoms with Crippen LogP contribution in [0, 0.1) is 0 Å². The zero-order chi connectivity index (χ0) is 12.4. The summed E-state index contributed by atoms with van der Waals surface area (Å²) in [5.41, 5.74) is -3.84. The van der Waals surface area contributed by atoms with Crippen molar-refractivity contribution in [2.24, 2.45) is 0 Å². The van der Waals surface area contributed by atoms with Crippen molar-refractivity contribution in [1.82, 2.24) is 0 Å². The van der Waals surface area contributed by atoms with Gasteiger partial charge in [0.15, 0.2) is 0 Å². The summed E-state index contributed by atoms with van der Waals surface area (Å²) >= 11 is 0. The molecule has 0 aliphatic carbocycles. The zero-order valence-electron chi connectivity index (χ0n) is 8.46. The van der Waals surface area contributed by atoms with Crippen LogP contribution in [0.25, 0.3) is 0 Å². The lowest BCUT2D eigenvalue weighted by atomic mass is 9.86. The second kappa shape index (κ2) is 4.14. The highest BCUT2D eigenvalue weighted by Crippen LogP contribution is 2.43. The van der Waals surface area contributed by atoms with Crippen molar-refractivity contribution in [2.45, 2.75) is 11.8 Å². The van der Waals surface area contributed by atoms with Crippen LogP contribution < -0.4 is 0 Å². The van der Waals surface area contributed by atoms with Crippen LogP contribution in [0.15, 0.2) is 55.1 Å². The van der Waals surface area contributed by atoms with E-state index in [-0.39, 0.29) is 5.56 Å². The van der Waals surface area contributed by atoms with E-state index in [2.05, 4.69) is 13.2 Å². The van der Waals surface area contributed by atoms with Gasteiger partial charge in [0.25, 0.3) is 0 Å². The van der Waals surface area contributed by atoms with Crippen LogP contribution in [0.2, 0.25) is 0 Å². The number of hydrogen-bond donors (Lipinski definition) is 1. The van der Waals surface area contributed by atoms with Crippen LogP contribution in [0.5, 0.6) is 0 Å². The summed E-state index contributed by atoms with van der Waals surface area (Å²) in [4.78, 5) is 0. The molecule has 1 rings (SSSR count). The molecule has 0 aromatic heterocycles. The maximum atomic E-state index is 12.9. The van der Waals surface area contributed by atoms with Crippen molar-refractivity contribution in [3.63, 3.8) is 0 Å². The first kappa shape index (κ1) is 12.5. The first-order valence-electron chi connectivity index (χ1n) is 4.50. The fraction of sp³-hybridized carbons (Fsp3) is 0.167. The standard InChI is InChI=1S/C12H11F3O/c1-3-9(2)11(16,12(13,14)15)10-7-5-4-6-8-10/h3-8,16H,1-2H2/t11-/m1/s1. The Labute approximate surface area is 91.5 Å². The molecule has 0 saturated carbocycles. The number of halogens is 3. The molecule has 0 radical (unpaired) electrons. The van der Waals surface area contributed by atoms with Crippen LogP contribution in [0.3, 0.4) is 0 Å². The average Bonchev–Trinajstić information content (AvgIpc) is 2.26. The van der Waals surface area contributed by atoms with E-state index in [4.69, 9.17) is 0 Å². The molecule has 0 bridgehead atoms. The van der Waals surface area contributed by atoms with E-state index in [0.717, 1.165) is 6.08 Å². The van der Waals surface area contributed by atoms with Crippen LogP contribution in [-0.2, 0) is 5.60 Å². The molecule has 0 saturated heterocycles. The van der Waals surface area contributed by atoms with E-state index < -0.39 is 17.4 Å². The van der Waals surface area contributed by atoms with Crippen molar-refractivity contribution in [3.8, 4) is 0 Å². The molecular weight excluding hydrogens is 217 g/mol.